The summed E-state index contributed by atoms with van der Waals surface area (Å²) in [5.74, 6) is -1.18. The van der Waals surface area contributed by atoms with Crippen LogP contribution in [0.4, 0.5) is 14.5 Å². The molecule has 178 valence electrons. The van der Waals surface area contributed by atoms with Gasteiger partial charge in [0, 0.05) is 37.0 Å². The number of halogens is 2. The van der Waals surface area contributed by atoms with Gasteiger partial charge in [0.05, 0.1) is 11.3 Å². The Balaban J connectivity index is 1.40. The summed E-state index contributed by atoms with van der Waals surface area (Å²) in [6.45, 7) is 3.76. The van der Waals surface area contributed by atoms with Crippen LogP contribution in [-0.4, -0.2) is 42.0 Å². The van der Waals surface area contributed by atoms with Gasteiger partial charge in [-0.15, -0.1) is 0 Å². The molecule has 0 aliphatic carbocycles. The fraction of sp³-hybridized carbons (Fsp3) is 0.308. The smallest absolute Gasteiger partial charge is 0.252 e. The van der Waals surface area contributed by atoms with Crippen LogP contribution in [0.5, 0.6) is 5.75 Å². The lowest BCUT2D eigenvalue weighted by Crippen LogP contribution is -2.25. The Morgan fingerprint density at radius 3 is 2.47 bits per heavy atom. The SMILES string of the molecule is NC(=O)c1cnc(Cc2ccc(OCCN3CCCC3)cc2)cc1NCc1c(F)cccc1F. The van der Waals surface area contributed by atoms with Crippen LogP contribution in [0.3, 0.4) is 0 Å². The molecule has 3 N–H and O–H groups in total. The van der Waals surface area contributed by atoms with Crippen molar-refractivity contribution >= 4 is 11.6 Å². The second kappa shape index (κ2) is 11.1. The van der Waals surface area contributed by atoms with E-state index in [2.05, 4.69) is 15.2 Å². The molecule has 0 atom stereocenters. The number of primary amides is 1. The fourth-order valence-electron chi connectivity index (χ4n) is 4.03. The van der Waals surface area contributed by atoms with Crippen LogP contribution in [0.15, 0.2) is 54.7 Å². The molecule has 1 aliphatic heterocycles. The number of hydrogen-bond acceptors (Lipinski definition) is 5. The first-order valence-electron chi connectivity index (χ1n) is 11.4. The van der Waals surface area contributed by atoms with Crippen LogP contribution in [0.2, 0.25) is 0 Å². The minimum Gasteiger partial charge on any atom is -0.492 e. The van der Waals surface area contributed by atoms with E-state index in [4.69, 9.17) is 10.5 Å². The highest BCUT2D eigenvalue weighted by molar-refractivity contribution is 5.98. The predicted octanol–water partition coefficient (Wildman–Crippen LogP) is 4.14. The van der Waals surface area contributed by atoms with E-state index in [1.807, 2.05) is 24.3 Å². The highest BCUT2D eigenvalue weighted by Gasteiger charge is 2.14. The Labute approximate surface area is 197 Å². The fourth-order valence-corrected chi connectivity index (χ4v) is 4.03. The van der Waals surface area contributed by atoms with Crippen molar-refractivity contribution in [2.45, 2.75) is 25.8 Å². The molecule has 1 fully saturated rings. The van der Waals surface area contributed by atoms with Crippen LogP contribution in [0, 0.1) is 11.6 Å². The molecule has 34 heavy (non-hydrogen) atoms. The van der Waals surface area contributed by atoms with Gasteiger partial charge in [0.1, 0.15) is 24.0 Å². The molecule has 0 saturated carbocycles. The van der Waals surface area contributed by atoms with Crippen LogP contribution in [0.1, 0.15) is 40.0 Å². The predicted molar refractivity (Wildman–Crippen MR) is 127 cm³/mol. The average Bonchev–Trinajstić information content (AvgIpc) is 3.33. The van der Waals surface area contributed by atoms with Crippen LogP contribution < -0.4 is 15.8 Å². The summed E-state index contributed by atoms with van der Waals surface area (Å²) in [5.41, 5.74) is 7.57. The number of ether oxygens (including phenoxy) is 1. The number of rotatable bonds is 10. The number of nitrogens with one attached hydrogen (secondary N) is 1. The van der Waals surface area contributed by atoms with E-state index < -0.39 is 17.5 Å². The minimum absolute atomic E-state index is 0.114. The van der Waals surface area contributed by atoms with Crippen molar-refractivity contribution in [1.82, 2.24) is 9.88 Å². The molecule has 2 heterocycles. The van der Waals surface area contributed by atoms with Crippen LogP contribution >= 0.6 is 0 Å². The summed E-state index contributed by atoms with van der Waals surface area (Å²) in [4.78, 5) is 18.6. The number of nitrogens with zero attached hydrogens (tertiary/aromatic N) is 2. The van der Waals surface area contributed by atoms with Gasteiger partial charge in [-0.05, 0) is 61.8 Å². The van der Waals surface area contributed by atoms with E-state index in [-0.39, 0.29) is 17.7 Å². The molecular formula is C26H28F2N4O2. The normalized spacial score (nSPS) is 13.7. The first kappa shape index (κ1) is 23.6. The maximum atomic E-state index is 14.0. The Morgan fingerprint density at radius 2 is 1.79 bits per heavy atom. The zero-order valence-electron chi connectivity index (χ0n) is 18.9. The maximum absolute atomic E-state index is 14.0. The van der Waals surface area contributed by atoms with Crippen molar-refractivity contribution < 1.29 is 18.3 Å². The molecule has 4 rings (SSSR count). The molecule has 6 nitrogen and oxygen atoms in total. The third kappa shape index (κ3) is 6.08. The van der Waals surface area contributed by atoms with Crippen molar-refractivity contribution in [3.05, 3.63) is 88.7 Å². The lowest BCUT2D eigenvalue weighted by Gasteiger charge is -2.15. The first-order chi connectivity index (χ1) is 16.5. The molecule has 1 aliphatic rings. The average molecular weight is 467 g/mol. The Bertz CT molecular complexity index is 1110. The van der Waals surface area contributed by atoms with E-state index in [0.29, 0.717) is 24.4 Å². The van der Waals surface area contributed by atoms with Gasteiger partial charge < -0.3 is 15.8 Å². The number of likely N-dealkylation sites (tertiary alicyclic amines) is 1. The molecular weight excluding hydrogens is 438 g/mol. The number of hydrogen-bond donors (Lipinski definition) is 2. The molecule has 8 heteroatoms. The van der Waals surface area contributed by atoms with Crippen LogP contribution in [-0.2, 0) is 13.0 Å². The summed E-state index contributed by atoms with van der Waals surface area (Å²) in [5, 5.41) is 2.93. The number of benzene rings is 2. The molecule has 1 aromatic heterocycles. The number of carbonyl (C=O) groups excluding carboxylic acids is 1. The van der Waals surface area contributed by atoms with Crippen molar-refractivity contribution in [1.29, 1.82) is 0 Å². The van der Waals surface area contributed by atoms with Crippen molar-refractivity contribution in [2.24, 2.45) is 5.73 Å². The van der Waals surface area contributed by atoms with E-state index in [1.54, 1.807) is 6.07 Å². The summed E-state index contributed by atoms with van der Waals surface area (Å²) in [6.07, 6.45) is 4.42. The van der Waals surface area contributed by atoms with Crippen LogP contribution in [0.25, 0.3) is 0 Å². The second-order valence-electron chi connectivity index (χ2n) is 8.36. The Hall–Kier alpha value is -3.52. The van der Waals surface area contributed by atoms with Crippen molar-refractivity contribution in [3.8, 4) is 5.75 Å². The number of pyridine rings is 1. The van der Waals surface area contributed by atoms with Crippen molar-refractivity contribution in [3.63, 3.8) is 0 Å². The number of carbonyl (C=O) groups is 1. The van der Waals surface area contributed by atoms with E-state index in [9.17, 15) is 13.6 Å². The third-order valence-corrected chi connectivity index (χ3v) is 5.93. The number of anilines is 1. The third-order valence-electron chi connectivity index (χ3n) is 5.93. The molecule has 1 amide bonds. The van der Waals surface area contributed by atoms with Gasteiger partial charge in [0.15, 0.2) is 0 Å². The van der Waals surface area contributed by atoms with E-state index >= 15 is 0 Å². The van der Waals surface area contributed by atoms with E-state index in [0.717, 1.165) is 30.9 Å². The Morgan fingerprint density at radius 1 is 1.09 bits per heavy atom. The molecule has 0 spiro atoms. The largest absolute Gasteiger partial charge is 0.492 e. The second-order valence-corrected chi connectivity index (χ2v) is 8.36. The highest BCUT2D eigenvalue weighted by atomic mass is 19.1. The minimum atomic E-state index is -0.675. The van der Waals surface area contributed by atoms with Gasteiger partial charge in [-0.2, -0.15) is 0 Å². The molecule has 3 aromatic rings. The summed E-state index contributed by atoms with van der Waals surface area (Å²) in [6, 6.07) is 13.2. The monoisotopic (exact) mass is 466 g/mol. The number of aromatic nitrogens is 1. The zero-order chi connectivity index (χ0) is 23.9. The van der Waals surface area contributed by atoms with Crippen molar-refractivity contribution in [2.75, 3.05) is 31.6 Å². The molecule has 1 saturated heterocycles. The summed E-state index contributed by atoms with van der Waals surface area (Å²) < 4.78 is 33.8. The van der Waals surface area contributed by atoms with E-state index in [1.165, 1.54) is 37.2 Å². The Kier molecular flexibility index (Phi) is 7.69. The van der Waals surface area contributed by atoms with Gasteiger partial charge in [0.2, 0.25) is 0 Å². The summed E-state index contributed by atoms with van der Waals surface area (Å²) >= 11 is 0. The highest BCUT2D eigenvalue weighted by Crippen LogP contribution is 2.21. The molecule has 0 bridgehead atoms. The van der Waals surface area contributed by atoms with Gasteiger partial charge >= 0.3 is 0 Å². The topological polar surface area (TPSA) is 80.5 Å². The molecule has 0 unspecified atom stereocenters. The van der Waals surface area contributed by atoms with Gasteiger partial charge in [-0.1, -0.05) is 18.2 Å². The van der Waals surface area contributed by atoms with Gasteiger partial charge in [-0.3, -0.25) is 14.7 Å². The lowest BCUT2D eigenvalue weighted by atomic mass is 10.1. The summed E-state index contributed by atoms with van der Waals surface area (Å²) in [7, 11) is 0. The molecule has 0 radical (unpaired) electrons. The molecule has 2 aromatic carbocycles. The first-order valence-corrected chi connectivity index (χ1v) is 11.4. The maximum Gasteiger partial charge on any atom is 0.252 e. The zero-order valence-corrected chi connectivity index (χ0v) is 18.9. The lowest BCUT2D eigenvalue weighted by molar-refractivity contribution is 0.100. The van der Waals surface area contributed by atoms with Gasteiger partial charge in [-0.25, -0.2) is 8.78 Å². The standard InChI is InChI=1S/C26H28F2N4O2/c27-23-4-3-5-24(28)21(23)16-31-25-15-19(30-17-22(25)26(29)33)14-18-6-8-20(9-7-18)34-13-12-32-10-1-2-11-32/h3-9,15,17H,1-2,10-14,16H2,(H2,29,33)(H,30,31). The quantitative estimate of drug-likeness (QED) is 0.470. The van der Waals surface area contributed by atoms with Gasteiger partial charge in [0.25, 0.3) is 5.91 Å². The number of amides is 1. The number of nitrogens with two attached hydrogens (primary N) is 1.